The van der Waals surface area contributed by atoms with Gasteiger partial charge in [-0.3, -0.25) is 4.79 Å². The number of carbonyl (C=O) groups is 1. The van der Waals surface area contributed by atoms with Gasteiger partial charge in [0.15, 0.2) is 0 Å². The lowest BCUT2D eigenvalue weighted by atomic mass is 9.96. The van der Waals surface area contributed by atoms with E-state index in [1.165, 1.54) is 12.8 Å². The molecule has 0 aromatic heterocycles. The lowest BCUT2D eigenvalue weighted by Gasteiger charge is -2.27. The second-order valence-corrected chi connectivity index (χ2v) is 6.02. The molecular weight excluding hydrogens is 188 g/mol. The van der Waals surface area contributed by atoms with Crippen LogP contribution in [0.3, 0.4) is 0 Å². The Morgan fingerprint density at radius 3 is 2.40 bits per heavy atom. The standard InChI is InChI=1S/C12H24N2O/c1-12(2,3)8-14(4)11(15)7-10(13)9-5-6-9/h9-10H,5-8,13H2,1-4H3. The first-order valence-corrected chi connectivity index (χ1v) is 5.79. The van der Waals surface area contributed by atoms with Crippen molar-refractivity contribution < 1.29 is 4.79 Å². The maximum atomic E-state index is 11.8. The van der Waals surface area contributed by atoms with Crippen molar-refractivity contribution in [3.63, 3.8) is 0 Å². The van der Waals surface area contributed by atoms with E-state index < -0.39 is 0 Å². The van der Waals surface area contributed by atoms with Gasteiger partial charge < -0.3 is 10.6 Å². The van der Waals surface area contributed by atoms with Crippen LogP contribution in [0.4, 0.5) is 0 Å². The molecule has 1 fully saturated rings. The summed E-state index contributed by atoms with van der Waals surface area (Å²) < 4.78 is 0. The van der Waals surface area contributed by atoms with E-state index in [1.54, 1.807) is 0 Å². The number of amides is 1. The van der Waals surface area contributed by atoms with Crippen LogP contribution in [0.25, 0.3) is 0 Å². The Morgan fingerprint density at radius 2 is 2.00 bits per heavy atom. The minimum atomic E-state index is 0.0833. The topological polar surface area (TPSA) is 46.3 Å². The Kier molecular flexibility index (Phi) is 3.77. The summed E-state index contributed by atoms with van der Waals surface area (Å²) >= 11 is 0. The van der Waals surface area contributed by atoms with Crippen LogP contribution in [0.5, 0.6) is 0 Å². The molecule has 0 aromatic rings. The van der Waals surface area contributed by atoms with Crippen LogP contribution < -0.4 is 5.73 Å². The largest absolute Gasteiger partial charge is 0.345 e. The van der Waals surface area contributed by atoms with E-state index >= 15 is 0 Å². The van der Waals surface area contributed by atoms with Crippen molar-refractivity contribution in [1.29, 1.82) is 0 Å². The van der Waals surface area contributed by atoms with Crippen molar-refractivity contribution in [2.75, 3.05) is 13.6 Å². The summed E-state index contributed by atoms with van der Waals surface area (Å²) in [6.07, 6.45) is 2.92. The van der Waals surface area contributed by atoms with E-state index in [4.69, 9.17) is 5.73 Å². The van der Waals surface area contributed by atoms with Gasteiger partial charge in [0, 0.05) is 26.1 Å². The van der Waals surface area contributed by atoms with Crippen LogP contribution in [0.1, 0.15) is 40.0 Å². The Morgan fingerprint density at radius 1 is 1.47 bits per heavy atom. The quantitative estimate of drug-likeness (QED) is 0.769. The number of nitrogens with zero attached hydrogens (tertiary/aromatic N) is 1. The zero-order valence-corrected chi connectivity index (χ0v) is 10.4. The Labute approximate surface area is 93.0 Å². The fraction of sp³-hybridized carbons (Fsp3) is 0.917. The van der Waals surface area contributed by atoms with Crippen LogP contribution in [-0.2, 0) is 4.79 Å². The smallest absolute Gasteiger partial charge is 0.223 e. The van der Waals surface area contributed by atoms with Gasteiger partial charge in [0.1, 0.15) is 0 Å². The molecule has 1 aliphatic rings. The third-order valence-corrected chi connectivity index (χ3v) is 2.78. The van der Waals surface area contributed by atoms with E-state index in [1.807, 2.05) is 11.9 Å². The van der Waals surface area contributed by atoms with Crippen LogP contribution >= 0.6 is 0 Å². The molecule has 1 aliphatic carbocycles. The molecule has 0 aromatic carbocycles. The fourth-order valence-electron chi connectivity index (χ4n) is 1.85. The highest BCUT2D eigenvalue weighted by atomic mass is 16.2. The number of hydrogen-bond donors (Lipinski definition) is 1. The maximum Gasteiger partial charge on any atom is 0.223 e. The van der Waals surface area contributed by atoms with Gasteiger partial charge in [0.2, 0.25) is 5.91 Å². The van der Waals surface area contributed by atoms with E-state index in [2.05, 4.69) is 20.8 Å². The zero-order valence-electron chi connectivity index (χ0n) is 10.4. The average molecular weight is 212 g/mol. The summed E-state index contributed by atoms with van der Waals surface area (Å²) in [6.45, 7) is 7.20. The average Bonchev–Trinajstić information content (AvgIpc) is 2.82. The van der Waals surface area contributed by atoms with Crippen molar-refractivity contribution in [1.82, 2.24) is 4.90 Å². The van der Waals surface area contributed by atoms with E-state index in [0.29, 0.717) is 12.3 Å². The second-order valence-electron chi connectivity index (χ2n) is 6.02. The van der Waals surface area contributed by atoms with Gasteiger partial charge in [-0.2, -0.15) is 0 Å². The normalized spacial score (nSPS) is 18.7. The lowest BCUT2D eigenvalue weighted by molar-refractivity contribution is -0.131. The zero-order chi connectivity index (χ0) is 11.6. The van der Waals surface area contributed by atoms with Crippen LogP contribution in [0.2, 0.25) is 0 Å². The van der Waals surface area contributed by atoms with Gasteiger partial charge in [0.25, 0.3) is 0 Å². The fourth-order valence-corrected chi connectivity index (χ4v) is 1.85. The summed E-state index contributed by atoms with van der Waals surface area (Å²) in [5.74, 6) is 0.793. The monoisotopic (exact) mass is 212 g/mol. The minimum Gasteiger partial charge on any atom is -0.345 e. The molecule has 15 heavy (non-hydrogen) atoms. The van der Waals surface area contributed by atoms with Crippen LogP contribution in [-0.4, -0.2) is 30.4 Å². The molecule has 0 heterocycles. The van der Waals surface area contributed by atoms with E-state index in [0.717, 1.165) is 6.54 Å². The van der Waals surface area contributed by atoms with Crippen molar-refractivity contribution in [3.8, 4) is 0 Å². The lowest BCUT2D eigenvalue weighted by Crippen LogP contribution is -2.38. The molecule has 1 amide bonds. The third kappa shape index (κ3) is 4.65. The molecule has 1 unspecified atom stereocenters. The molecule has 1 saturated carbocycles. The van der Waals surface area contributed by atoms with Crippen LogP contribution in [0.15, 0.2) is 0 Å². The van der Waals surface area contributed by atoms with Gasteiger partial charge in [-0.05, 0) is 24.2 Å². The predicted octanol–water partition coefficient (Wildman–Crippen LogP) is 1.62. The predicted molar refractivity (Wildman–Crippen MR) is 62.4 cm³/mol. The molecular formula is C12H24N2O. The number of hydrogen-bond acceptors (Lipinski definition) is 2. The first-order chi connectivity index (χ1) is 6.79. The molecule has 0 aliphatic heterocycles. The highest BCUT2D eigenvalue weighted by Gasteiger charge is 2.30. The van der Waals surface area contributed by atoms with Crippen LogP contribution in [0, 0.1) is 11.3 Å². The molecule has 1 atom stereocenters. The molecule has 0 spiro atoms. The molecule has 3 nitrogen and oxygen atoms in total. The third-order valence-electron chi connectivity index (χ3n) is 2.78. The Hall–Kier alpha value is -0.570. The van der Waals surface area contributed by atoms with E-state index in [-0.39, 0.29) is 17.4 Å². The minimum absolute atomic E-state index is 0.0833. The first-order valence-electron chi connectivity index (χ1n) is 5.79. The summed E-state index contributed by atoms with van der Waals surface area (Å²) in [5, 5.41) is 0. The molecule has 0 saturated heterocycles. The molecule has 0 radical (unpaired) electrons. The second kappa shape index (κ2) is 4.52. The molecule has 0 bridgehead atoms. The first kappa shape index (κ1) is 12.5. The Balaban J connectivity index is 2.32. The Bertz CT molecular complexity index is 228. The van der Waals surface area contributed by atoms with Gasteiger partial charge in [-0.25, -0.2) is 0 Å². The van der Waals surface area contributed by atoms with Gasteiger partial charge in [0.05, 0.1) is 0 Å². The summed E-state index contributed by atoms with van der Waals surface area (Å²) in [6, 6.07) is 0.0833. The van der Waals surface area contributed by atoms with Crippen molar-refractivity contribution >= 4 is 5.91 Å². The molecule has 3 heteroatoms. The molecule has 2 N–H and O–H groups in total. The number of carbonyl (C=O) groups excluding carboxylic acids is 1. The highest BCUT2D eigenvalue weighted by Crippen LogP contribution is 2.33. The summed E-state index contributed by atoms with van der Waals surface area (Å²) in [5.41, 5.74) is 6.09. The highest BCUT2D eigenvalue weighted by molar-refractivity contribution is 5.76. The van der Waals surface area contributed by atoms with Gasteiger partial charge in [-0.1, -0.05) is 20.8 Å². The van der Waals surface area contributed by atoms with Crippen molar-refractivity contribution in [2.45, 2.75) is 46.1 Å². The van der Waals surface area contributed by atoms with Gasteiger partial charge >= 0.3 is 0 Å². The van der Waals surface area contributed by atoms with Gasteiger partial charge in [-0.15, -0.1) is 0 Å². The summed E-state index contributed by atoms with van der Waals surface area (Å²) in [4.78, 5) is 13.6. The number of nitrogens with two attached hydrogens (primary N) is 1. The molecule has 1 rings (SSSR count). The SMILES string of the molecule is CN(CC(C)(C)C)C(=O)CC(N)C1CC1. The van der Waals surface area contributed by atoms with E-state index in [9.17, 15) is 4.79 Å². The maximum absolute atomic E-state index is 11.8. The van der Waals surface area contributed by atoms with Crippen molar-refractivity contribution in [2.24, 2.45) is 17.1 Å². The van der Waals surface area contributed by atoms with Crippen molar-refractivity contribution in [3.05, 3.63) is 0 Å². The number of rotatable bonds is 4. The summed E-state index contributed by atoms with van der Waals surface area (Å²) in [7, 11) is 1.87. The molecule has 88 valence electrons.